The van der Waals surface area contributed by atoms with Crippen LogP contribution in [-0.2, 0) is 0 Å². The van der Waals surface area contributed by atoms with Crippen molar-refractivity contribution in [3.8, 4) is 0 Å². The van der Waals surface area contributed by atoms with Crippen LogP contribution in [0.5, 0.6) is 0 Å². The molecule has 10 heavy (non-hydrogen) atoms. The third-order valence-electron chi connectivity index (χ3n) is 1.22. The highest BCUT2D eigenvalue weighted by Gasteiger charge is 2.08. The molecule has 0 saturated heterocycles. The SMILES string of the molecule is Cc1n[c]ccc1C(F)F. The van der Waals surface area contributed by atoms with Crippen molar-refractivity contribution in [2.24, 2.45) is 0 Å². The molecule has 0 fully saturated rings. The van der Waals surface area contributed by atoms with Crippen LogP contribution in [0.1, 0.15) is 17.7 Å². The average Bonchev–Trinajstić information content (AvgIpc) is 1.88. The Balaban J connectivity index is 3.03. The molecule has 0 bridgehead atoms. The maximum Gasteiger partial charge on any atom is 0.265 e. The highest BCUT2D eigenvalue weighted by Crippen LogP contribution is 2.19. The molecule has 1 aromatic heterocycles. The summed E-state index contributed by atoms with van der Waals surface area (Å²) >= 11 is 0. The first-order chi connectivity index (χ1) is 4.72. The van der Waals surface area contributed by atoms with Crippen molar-refractivity contribution in [3.63, 3.8) is 0 Å². The second-order valence-electron chi connectivity index (χ2n) is 1.92. The molecule has 0 aliphatic rings. The van der Waals surface area contributed by atoms with E-state index in [2.05, 4.69) is 11.2 Å². The third kappa shape index (κ3) is 1.29. The third-order valence-corrected chi connectivity index (χ3v) is 1.22. The van der Waals surface area contributed by atoms with Crippen LogP contribution in [0.3, 0.4) is 0 Å². The van der Waals surface area contributed by atoms with Gasteiger partial charge in [-0.25, -0.2) is 8.78 Å². The monoisotopic (exact) mass is 142 g/mol. The predicted octanol–water partition coefficient (Wildman–Crippen LogP) is 2.13. The highest BCUT2D eigenvalue weighted by atomic mass is 19.3. The van der Waals surface area contributed by atoms with E-state index in [9.17, 15) is 8.78 Å². The molecule has 0 aromatic carbocycles. The number of hydrogen-bond acceptors (Lipinski definition) is 1. The van der Waals surface area contributed by atoms with Crippen LogP contribution in [-0.4, -0.2) is 4.98 Å². The van der Waals surface area contributed by atoms with Gasteiger partial charge in [0.05, 0.1) is 6.20 Å². The molecule has 1 heterocycles. The fourth-order valence-electron chi connectivity index (χ4n) is 0.677. The number of pyridine rings is 1. The van der Waals surface area contributed by atoms with Crippen molar-refractivity contribution in [3.05, 3.63) is 29.6 Å². The van der Waals surface area contributed by atoms with Crippen molar-refractivity contribution in [1.29, 1.82) is 0 Å². The molecule has 53 valence electrons. The normalized spacial score (nSPS) is 10.4. The summed E-state index contributed by atoms with van der Waals surface area (Å²) in [7, 11) is 0. The van der Waals surface area contributed by atoms with E-state index in [1.807, 2.05) is 0 Å². The fourth-order valence-corrected chi connectivity index (χ4v) is 0.677. The Bertz CT molecular complexity index is 223. The number of alkyl halides is 2. The largest absolute Gasteiger partial charge is 0.265 e. The Morgan fingerprint density at radius 3 is 2.70 bits per heavy atom. The molecular weight excluding hydrogens is 136 g/mol. The van der Waals surface area contributed by atoms with E-state index in [1.54, 1.807) is 0 Å². The molecule has 0 unspecified atom stereocenters. The summed E-state index contributed by atoms with van der Waals surface area (Å²) in [4.78, 5) is 3.60. The Hall–Kier alpha value is -0.990. The summed E-state index contributed by atoms with van der Waals surface area (Å²) in [5.74, 6) is 0. The predicted molar refractivity (Wildman–Crippen MR) is 32.8 cm³/mol. The first-order valence-corrected chi connectivity index (χ1v) is 2.83. The lowest BCUT2D eigenvalue weighted by Crippen LogP contribution is -1.90. The van der Waals surface area contributed by atoms with Crippen molar-refractivity contribution < 1.29 is 8.78 Å². The molecule has 1 aromatic rings. The molecule has 3 heteroatoms. The Kier molecular flexibility index (Phi) is 1.94. The fraction of sp³-hybridized carbons (Fsp3) is 0.286. The zero-order valence-corrected chi connectivity index (χ0v) is 5.44. The van der Waals surface area contributed by atoms with E-state index in [-0.39, 0.29) is 5.56 Å². The first kappa shape index (κ1) is 7.12. The minimum atomic E-state index is -2.43. The average molecular weight is 142 g/mol. The molecule has 1 nitrogen and oxygen atoms in total. The molecule has 0 amide bonds. The van der Waals surface area contributed by atoms with Crippen LogP contribution >= 0.6 is 0 Å². The lowest BCUT2D eigenvalue weighted by molar-refractivity contribution is 0.150. The number of aromatic nitrogens is 1. The van der Waals surface area contributed by atoms with Gasteiger partial charge < -0.3 is 0 Å². The molecule has 0 saturated carbocycles. The van der Waals surface area contributed by atoms with Gasteiger partial charge in [-0.15, -0.1) is 0 Å². The van der Waals surface area contributed by atoms with E-state index >= 15 is 0 Å². The van der Waals surface area contributed by atoms with Crippen LogP contribution in [0.2, 0.25) is 0 Å². The molecule has 0 aliphatic heterocycles. The summed E-state index contributed by atoms with van der Waals surface area (Å²) in [5, 5.41) is 0. The van der Waals surface area contributed by atoms with Crippen molar-refractivity contribution in [2.45, 2.75) is 13.3 Å². The van der Waals surface area contributed by atoms with Crippen LogP contribution in [0.25, 0.3) is 0 Å². The number of rotatable bonds is 1. The Morgan fingerprint density at radius 1 is 1.60 bits per heavy atom. The molecule has 0 atom stereocenters. The van der Waals surface area contributed by atoms with Crippen LogP contribution in [0.15, 0.2) is 12.1 Å². The van der Waals surface area contributed by atoms with E-state index < -0.39 is 6.43 Å². The van der Waals surface area contributed by atoms with Crippen molar-refractivity contribution in [2.75, 3.05) is 0 Å². The minimum absolute atomic E-state index is 0.0150. The Labute approximate surface area is 57.7 Å². The number of aryl methyl sites for hydroxylation is 1. The number of halogens is 2. The smallest absolute Gasteiger partial charge is 0.251 e. The van der Waals surface area contributed by atoms with Crippen LogP contribution < -0.4 is 0 Å². The van der Waals surface area contributed by atoms with Gasteiger partial charge in [0.2, 0.25) is 0 Å². The van der Waals surface area contributed by atoms with Crippen molar-refractivity contribution in [1.82, 2.24) is 4.98 Å². The molecule has 1 rings (SSSR count). The van der Waals surface area contributed by atoms with Gasteiger partial charge in [-0.2, -0.15) is 0 Å². The maximum absolute atomic E-state index is 12.0. The molecule has 0 N–H and O–H groups in total. The maximum atomic E-state index is 12.0. The lowest BCUT2D eigenvalue weighted by atomic mass is 10.2. The van der Waals surface area contributed by atoms with Gasteiger partial charge in [0.1, 0.15) is 0 Å². The van der Waals surface area contributed by atoms with Crippen LogP contribution in [0, 0.1) is 13.1 Å². The van der Waals surface area contributed by atoms with Crippen LogP contribution in [0.4, 0.5) is 8.78 Å². The summed E-state index contributed by atoms with van der Waals surface area (Å²) in [6, 6.07) is 2.71. The topological polar surface area (TPSA) is 12.9 Å². The van der Waals surface area contributed by atoms with Gasteiger partial charge in [0.25, 0.3) is 6.43 Å². The number of nitrogens with zero attached hydrogens (tertiary/aromatic N) is 1. The zero-order chi connectivity index (χ0) is 7.56. The van der Waals surface area contributed by atoms with E-state index in [4.69, 9.17) is 0 Å². The summed E-state index contributed by atoms with van der Waals surface area (Å²) < 4.78 is 23.9. The summed E-state index contributed by atoms with van der Waals surface area (Å²) in [6.07, 6.45) is 0.0440. The van der Waals surface area contributed by atoms with Gasteiger partial charge in [0, 0.05) is 11.3 Å². The van der Waals surface area contributed by atoms with Gasteiger partial charge in [0.15, 0.2) is 0 Å². The first-order valence-electron chi connectivity index (χ1n) is 2.83. The minimum Gasteiger partial charge on any atom is -0.251 e. The van der Waals surface area contributed by atoms with E-state index in [0.717, 1.165) is 0 Å². The summed E-state index contributed by atoms with van der Waals surface area (Å²) in [5.41, 5.74) is 0.330. The van der Waals surface area contributed by atoms with Gasteiger partial charge in [-0.1, -0.05) is 0 Å². The quantitative estimate of drug-likeness (QED) is 0.585. The van der Waals surface area contributed by atoms with Crippen molar-refractivity contribution >= 4 is 0 Å². The van der Waals surface area contributed by atoms with Gasteiger partial charge in [-0.05, 0) is 19.1 Å². The second kappa shape index (κ2) is 2.73. The summed E-state index contributed by atoms with van der Waals surface area (Å²) in [6.45, 7) is 1.54. The highest BCUT2D eigenvalue weighted by molar-refractivity contribution is 5.18. The molecular formula is C7H6F2N. The van der Waals surface area contributed by atoms with Gasteiger partial charge in [-0.3, -0.25) is 4.98 Å². The zero-order valence-electron chi connectivity index (χ0n) is 5.44. The van der Waals surface area contributed by atoms with Gasteiger partial charge >= 0.3 is 0 Å². The Morgan fingerprint density at radius 2 is 2.30 bits per heavy atom. The molecule has 0 spiro atoms. The lowest BCUT2D eigenvalue weighted by Gasteiger charge is -1.99. The molecule has 1 radical (unpaired) electrons. The van der Waals surface area contributed by atoms with E-state index in [1.165, 1.54) is 19.1 Å². The number of hydrogen-bond donors (Lipinski definition) is 0. The molecule has 0 aliphatic carbocycles. The van der Waals surface area contributed by atoms with E-state index in [0.29, 0.717) is 5.69 Å². The standard InChI is InChI=1S/C7H6F2N/c1-5-6(7(8)9)3-2-4-10-5/h2-3,7H,1H3. The second-order valence-corrected chi connectivity index (χ2v) is 1.92.